The minimum atomic E-state index is 0.652. The lowest BCUT2D eigenvalue weighted by Crippen LogP contribution is -1.96. The van der Waals surface area contributed by atoms with Gasteiger partial charge in [-0.2, -0.15) is 5.10 Å². The van der Waals surface area contributed by atoms with E-state index < -0.39 is 0 Å². The highest BCUT2D eigenvalue weighted by molar-refractivity contribution is 5.60. The van der Waals surface area contributed by atoms with E-state index in [1.54, 1.807) is 17.1 Å². The average Bonchev–Trinajstić information content (AvgIpc) is 2.63. The van der Waals surface area contributed by atoms with Crippen LogP contribution in [0.2, 0.25) is 0 Å². The molecule has 0 aliphatic carbocycles. The smallest absolute Gasteiger partial charge is 0.121 e. The first-order valence-electron chi connectivity index (χ1n) is 4.97. The Kier molecular flexibility index (Phi) is 3.85. The Labute approximate surface area is 89.8 Å². The zero-order valence-corrected chi connectivity index (χ0v) is 9.31. The molecular weight excluding hydrogens is 188 g/mol. The maximum atomic E-state index is 5.66. The fraction of sp³-hybridized carbons (Fsp3) is 0.273. The number of hydrogen-bond donors (Lipinski definition) is 1. The van der Waals surface area contributed by atoms with Crippen molar-refractivity contribution in [2.45, 2.75) is 13.8 Å². The number of nitrogens with two attached hydrogens (primary N) is 1. The summed E-state index contributed by atoms with van der Waals surface area (Å²) in [4.78, 5) is 4.01. The summed E-state index contributed by atoms with van der Waals surface area (Å²) in [6.07, 6.45) is 3.50. The minimum absolute atomic E-state index is 0.652. The molecule has 2 aromatic heterocycles. The second-order valence-electron chi connectivity index (χ2n) is 2.82. The number of anilines is 1. The van der Waals surface area contributed by atoms with Gasteiger partial charge in [-0.1, -0.05) is 13.8 Å². The number of aromatic nitrogens is 3. The molecule has 0 amide bonds. The van der Waals surface area contributed by atoms with Crippen LogP contribution in [0.25, 0.3) is 11.3 Å². The molecule has 0 unspecified atom stereocenters. The standard InChI is InChI=1S/C9H10N4.C2H6/c1-13-9(10)5-8(12-13)7-3-2-4-11-6-7;1-2/h2-6H,10H2,1H3;1-2H3. The van der Waals surface area contributed by atoms with E-state index in [1.807, 2.05) is 39.1 Å². The topological polar surface area (TPSA) is 56.7 Å². The van der Waals surface area contributed by atoms with E-state index in [4.69, 9.17) is 5.73 Å². The Morgan fingerprint density at radius 3 is 2.53 bits per heavy atom. The number of hydrogen-bond acceptors (Lipinski definition) is 3. The molecule has 4 nitrogen and oxygen atoms in total. The van der Waals surface area contributed by atoms with Gasteiger partial charge >= 0.3 is 0 Å². The highest BCUT2D eigenvalue weighted by atomic mass is 15.3. The van der Waals surface area contributed by atoms with Crippen LogP contribution < -0.4 is 5.73 Å². The molecule has 2 rings (SSSR count). The number of pyridine rings is 1. The van der Waals surface area contributed by atoms with E-state index in [0.717, 1.165) is 11.3 Å². The number of nitrogens with zero attached hydrogens (tertiary/aromatic N) is 3. The first-order valence-corrected chi connectivity index (χ1v) is 4.97. The van der Waals surface area contributed by atoms with Crippen LogP contribution >= 0.6 is 0 Å². The molecule has 0 saturated heterocycles. The minimum Gasteiger partial charge on any atom is -0.384 e. The number of nitrogen functional groups attached to an aromatic ring is 1. The van der Waals surface area contributed by atoms with Crippen LogP contribution in [0.3, 0.4) is 0 Å². The van der Waals surface area contributed by atoms with Crippen molar-refractivity contribution < 1.29 is 0 Å². The molecule has 0 radical (unpaired) electrons. The molecule has 2 heterocycles. The fourth-order valence-corrected chi connectivity index (χ4v) is 1.14. The predicted octanol–water partition coefficient (Wildman–Crippen LogP) is 2.09. The summed E-state index contributed by atoms with van der Waals surface area (Å²) in [6.45, 7) is 4.00. The molecule has 80 valence electrons. The Hall–Kier alpha value is -1.84. The SMILES string of the molecule is CC.Cn1nc(-c2cccnc2)cc1N. The lowest BCUT2D eigenvalue weighted by Gasteiger charge is -1.92. The van der Waals surface area contributed by atoms with E-state index in [-0.39, 0.29) is 0 Å². The summed E-state index contributed by atoms with van der Waals surface area (Å²) < 4.78 is 1.64. The van der Waals surface area contributed by atoms with Crippen LogP contribution in [0.1, 0.15) is 13.8 Å². The van der Waals surface area contributed by atoms with Crippen LogP contribution in [-0.4, -0.2) is 14.8 Å². The molecule has 0 aromatic carbocycles. The fourth-order valence-electron chi connectivity index (χ4n) is 1.14. The van der Waals surface area contributed by atoms with Gasteiger partial charge in [0.05, 0.1) is 5.69 Å². The van der Waals surface area contributed by atoms with E-state index >= 15 is 0 Å². The van der Waals surface area contributed by atoms with Gasteiger partial charge in [-0.25, -0.2) is 0 Å². The van der Waals surface area contributed by atoms with Crippen molar-refractivity contribution in [1.29, 1.82) is 0 Å². The Balaban J connectivity index is 0.000000531. The maximum absolute atomic E-state index is 5.66. The van der Waals surface area contributed by atoms with Crippen LogP contribution in [0.15, 0.2) is 30.6 Å². The summed E-state index contributed by atoms with van der Waals surface area (Å²) in [5.41, 5.74) is 7.49. The van der Waals surface area contributed by atoms with Crippen molar-refractivity contribution in [3.8, 4) is 11.3 Å². The third kappa shape index (κ3) is 2.56. The molecule has 4 heteroatoms. The van der Waals surface area contributed by atoms with Gasteiger partial charge in [-0.15, -0.1) is 0 Å². The van der Waals surface area contributed by atoms with Crippen LogP contribution in [0.4, 0.5) is 5.82 Å². The third-order valence-electron chi connectivity index (χ3n) is 1.87. The van der Waals surface area contributed by atoms with Gasteiger partial charge in [-0.05, 0) is 12.1 Å². The summed E-state index contributed by atoms with van der Waals surface area (Å²) in [7, 11) is 1.81. The Bertz CT molecular complexity index is 386. The van der Waals surface area contributed by atoms with E-state index in [0.29, 0.717) is 5.82 Å². The molecule has 0 fully saturated rings. The highest BCUT2D eigenvalue weighted by Gasteiger charge is 2.03. The van der Waals surface area contributed by atoms with Gasteiger partial charge in [0, 0.05) is 31.1 Å². The van der Waals surface area contributed by atoms with Gasteiger partial charge < -0.3 is 5.73 Å². The van der Waals surface area contributed by atoms with E-state index in [2.05, 4.69) is 10.1 Å². The molecule has 15 heavy (non-hydrogen) atoms. The quantitative estimate of drug-likeness (QED) is 0.773. The molecule has 0 aliphatic heterocycles. The first-order chi connectivity index (χ1) is 7.27. The normalized spacial score (nSPS) is 9.27. The van der Waals surface area contributed by atoms with Crippen molar-refractivity contribution >= 4 is 5.82 Å². The molecule has 0 saturated carbocycles. The molecule has 2 aromatic rings. The number of rotatable bonds is 1. The lowest BCUT2D eigenvalue weighted by molar-refractivity contribution is 0.782. The largest absolute Gasteiger partial charge is 0.384 e. The summed E-state index contributed by atoms with van der Waals surface area (Å²) in [6, 6.07) is 5.66. The van der Waals surface area contributed by atoms with Crippen molar-refractivity contribution in [3.63, 3.8) is 0 Å². The first kappa shape index (κ1) is 11.2. The van der Waals surface area contributed by atoms with Crippen LogP contribution in [-0.2, 0) is 7.05 Å². The van der Waals surface area contributed by atoms with Crippen molar-refractivity contribution in [2.75, 3.05) is 5.73 Å². The Morgan fingerprint density at radius 2 is 2.07 bits per heavy atom. The van der Waals surface area contributed by atoms with Crippen molar-refractivity contribution in [3.05, 3.63) is 30.6 Å². The van der Waals surface area contributed by atoms with Crippen LogP contribution in [0, 0.1) is 0 Å². The molecule has 0 spiro atoms. The predicted molar refractivity (Wildman–Crippen MR) is 62.2 cm³/mol. The van der Waals surface area contributed by atoms with Gasteiger partial charge in [0.1, 0.15) is 5.82 Å². The summed E-state index contributed by atoms with van der Waals surface area (Å²) in [5.74, 6) is 0.652. The lowest BCUT2D eigenvalue weighted by atomic mass is 10.2. The zero-order chi connectivity index (χ0) is 11.3. The van der Waals surface area contributed by atoms with Crippen LogP contribution in [0.5, 0.6) is 0 Å². The van der Waals surface area contributed by atoms with Crippen molar-refractivity contribution in [1.82, 2.24) is 14.8 Å². The van der Waals surface area contributed by atoms with Crippen molar-refractivity contribution in [2.24, 2.45) is 7.05 Å². The second kappa shape index (κ2) is 5.14. The Morgan fingerprint density at radius 1 is 1.33 bits per heavy atom. The molecule has 0 bridgehead atoms. The van der Waals surface area contributed by atoms with Gasteiger partial charge in [0.25, 0.3) is 0 Å². The average molecular weight is 204 g/mol. The third-order valence-corrected chi connectivity index (χ3v) is 1.87. The van der Waals surface area contributed by atoms with E-state index in [1.165, 1.54) is 0 Å². The summed E-state index contributed by atoms with van der Waals surface area (Å²) >= 11 is 0. The van der Waals surface area contributed by atoms with Gasteiger partial charge in [-0.3, -0.25) is 9.67 Å². The zero-order valence-electron chi connectivity index (χ0n) is 9.31. The summed E-state index contributed by atoms with van der Waals surface area (Å²) in [5, 5.41) is 4.23. The molecule has 2 N–H and O–H groups in total. The maximum Gasteiger partial charge on any atom is 0.121 e. The molecule has 0 atom stereocenters. The monoisotopic (exact) mass is 204 g/mol. The van der Waals surface area contributed by atoms with Gasteiger partial charge in [0.2, 0.25) is 0 Å². The number of aryl methyl sites for hydroxylation is 1. The van der Waals surface area contributed by atoms with Gasteiger partial charge in [0.15, 0.2) is 0 Å². The second-order valence-corrected chi connectivity index (χ2v) is 2.82. The molecular formula is C11H16N4. The van der Waals surface area contributed by atoms with E-state index in [9.17, 15) is 0 Å². The highest BCUT2D eigenvalue weighted by Crippen LogP contribution is 2.17. The molecule has 0 aliphatic rings.